The standard InChI is InChI=1S/C27H17BrI2O7S/c1-3-4-5-17(14(2)27(32)33)22-18-10-12-20(31)23(29)25(18)36-26-19(22)11-13-21(24(26)30)37-38(34,35)16-8-6-15(28)7-9-16/h3-13H,1H2,2H3,(H,32,33). The minimum Gasteiger partial charge on any atom is -0.478 e. The van der Waals surface area contributed by atoms with E-state index in [9.17, 15) is 23.1 Å². The van der Waals surface area contributed by atoms with Gasteiger partial charge in [-0.3, -0.25) is 4.79 Å². The van der Waals surface area contributed by atoms with Crippen molar-refractivity contribution in [3.8, 4) is 17.1 Å². The van der Waals surface area contributed by atoms with Gasteiger partial charge in [0.2, 0.25) is 0 Å². The Kier molecular flexibility index (Phi) is 8.49. The van der Waals surface area contributed by atoms with Crippen molar-refractivity contribution < 1.29 is 26.9 Å². The second kappa shape index (κ2) is 11.3. The molecule has 1 aliphatic carbocycles. The van der Waals surface area contributed by atoms with E-state index in [1.54, 1.807) is 36.4 Å². The highest BCUT2D eigenvalue weighted by atomic mass is 127. The fraction of sp³-hybridized carbons (Fsp3) is 0.0370. The Bertz CT molecular complexity index is 1800. The van der Waals surface area contributed by atoms with Crippen molar-refractivity contribution in [3.05, 3.63) is 106 Å². The lowest BCUT2D eigenvalue weighted by Crippen LogP contribution is -2.11. The highest BCUT2D eigenvalue weighted by Crippen LogP contribution is 2.43. The zero-order valence-corrected chi connectivity index (χ0v) is 26.2. The third-order valence-electron chi connectivity index (χ3n) is 5.56. The first-order valence-corrected chi connectivity index (χ1v) is 15.1. The maximum absolute atomic E-state index is 13.0. The van der Waals surface area contributed by atoms with Gasteiger partial charge in [0.15, 0.2) is 22.5 Å². The molecule has 1 N–H and O–H groups in total. The van der Waals surface area contributed by atoms with Gasteiger partial charge in [0.1, 0.15) is 12.0 Å². The minimum atomic E-state index is -4.17. The summed E-state index contributed by atoms with van der Waals surface area (Å²) in [7, 11) is -4.17. The molecule has 0 unspecified atom stereocenters. The molecule has 1 aliphatic heterocycles. The van der Waals surface area contributed by atoms with E-state index in [0.29, 0.717) is 33.7 Å². The molecule has 194 valence electrons. The molecule has 11 heteroatoms. The first-order valence-electron chi connectivity index (χ1n) is 10.8. The number of benzene rings is 3. The minimum absolute atomic E-state index is 0.0190. The summed E-state index contributed by atoms with van der Waals surface area (Å²) in [5, 5.41) is 10.3. The summed E-state index contributed by atoms with van der Waals surface area (Å²) in [5.74, 6) is -0.860. The normalized spacial score (nSPS) is 12.6. The quantitative estimate of drug-likeness (QED) is 0.0689. The first-order chi connectivity index (χ1) is 18.0. The van der Waals surface area contributed by atoms with E-state index in [1.165, 1.54) is 37.3 Å². The SMILES string of the molecule is C=CC=CC(=C(C)C(=O)O)c1c2ccc(=O)c(I)c-2oc2c(I)c(OS(=O)(=O)c3ccc(Br)cc3)ccc12. The van der Waals surface area contributed by atoms with Crippen LogP contribution in [0.1, 0.15) is 12.5 Å². The molecule has 2 aromatic rings. The molecule has 0 spiro atoms. The zero-order valence-electron chi connectivity index (χ0n) is 19.5. The van der Waals surface area contributed by atoms with Gasteiger partial charge in [-0.15, -0.1) is 0 Å². The Hall–Kier alpha value is -2.49. The Labute approximate surface area is 253 Å². The molecule has 0 saturated heterocycles. The van der Waals surface area contributed by atoms with Gasteiger partial charge in [0.25, 0.3) is 0 Å². The van der Waals surface area contributed by atoms with Crippen molar-refractivity contribution in [2.45, 2.75) is 11.8 Å². The number of carboxylic acids is 1. The lowest BCUT2D eigenvalue weighted by Gasteiger charge is -2.19. The van der Waals surface area contributed by atoms with Crippen LogP contribution in [-0.4, -0.2) is 19.5 Å². The van der Waals surface area contributed by atoms with E-state index in [-0.39, 0.29) is 33.0 Å². The number of allylic oxidation sites excluding steroid dienone is 4. The molecule has 38 heavy (non-hydrogen) atoms. The average molecular weight is 819 g/mol. The largest absolute Gasteiger partial charge is 0.478 e. The van der Waals surface area contributed by atoms with Crippen LogP contribution < -0.4 is 9.61 Å². The summed E-state index contributed by atoms with van der Waals surface area (Å²) in [6, 6.07) is 12.1. The van der Waals surface area contributed by atoms with E-state index < -0.39 is 16.1 Å². The molecule has 0 bridgehead atoms. The molecule has 4 rings (SSSR count). The van der Waals surface area contributed by atoms with Crippen molar-refractivity contribution in [2.24, 2.45) is 0 Å². The molecule has 7 nitrogen and oxygen atoms in total. The number of aliphatic carboxylic acids is 1. The lowest BCUT2D eigenvalue weighted by molar-refractivity contribution is -0.132. The van der Waals surface area contributed by atoms with E-state index in [4.69, 9.17) is 8.60 Å². The van der Waals surface area contributed by atoms with Gasteiger partial charge in [-0.1, -0.05) is 40.7 Å². The first kappa shape index (κ1) is 28.5. The number of fused-ring (bicyclic) bond motifs is 2. The van der Waals surface area contributed by atoms with Crippen LogP contribution in [0.3, 0.4) is 0 Å². The Balaban J connectivity index is 2.06. The van der Waals surface area contributed by atoms with Gasteiger partial charge >= 0.3 is 16.1 Å². The molecule has 2 aromatic carbocycles. The zero-order chi connectivity index (χ0) is 27.8. The summed E-state index contributed by atoms with van der Waals surface area (Å²) >= 11 is 7.08. The van der Waals surface area contributed by atoms with Crippen LogP contribution in [0.25, 0.3) is 27.9 Å². The summed E-state index contributed by atoms with van der Waals surface area (Å²) in [6.07, 6.45) is 4.76. The van der Waals surface area contributed by atoms with Crippen LogP contribution >= 0.6 is 61.1 Å². The number of rotatable bonds is 7. The number of hydrogen-bond donors (Lipinski definition) is 1. The highest BCUT2D eigenvalue weighted by molar-refractivity contribution is 14.1. The summed E-state index contributed by atoms with van der Waals surface area (Å²) in [5.41, 5.74) is 1.45. The molecule has 0 amide bonds. The van der Waals surface area contributed by atoms with Gasteiger partial charge in [-0.2, -0.15) is 8.42 Å². The third-order valence-corrected chi connectivity index (χ3v) is 9.38. The van der Waals surface area contributed by atoms with Crippen LogP contribution in [0, 0.1) is 7.14 Å². The van der Waals surface area contributed by atoms with Gasteiger partial charge in [0, 0.05) is 26.6 Å². The summed E-state index contributed by atoms with van der Waals surface area (Å²) < 4.78 is 38.9. The second-order valence-electron chi connectivity index (χ2n) is 7.92. The number of halogens is 3. The van der Waals surface area contributed by atoms with E-state index in [0.717, 1.165) is 0 Å². The molecular weight excluding hydrogens is 802 g/mol. The predicted molar refractivity (Wildman–Crippen MR) is 166 cm³/mol. The topological polar surface area (TPSA) is 111 Å². The van der Waals surface area contributed by atoms with Crippen molar-refractivity contribution in [3.63, 3.8) is 0 Å². The smallest absolute Gasteiger partial charge is 0.339 e. The van der Waals surface area contributed by atoms with E-state index in [1.807, 2.05) is 45.2 Å². The third kappa shape index (κ3) is 5.46. The molecule has 1 heterocycles. The van der Waals surface area contributed by atoms with E-state index >= 15 is 0 Å². The van der Waals surface area contributed by atoms with Gasteiger partial charge in [0.05, 0.1) is 0 Å². The lowest BCUT2D eigenvalue weighted by atomic mass is 9.90. The average Bonchev–Trinajstić information content (AvgIpc) is 2.88. The van der Waals surface area contributed by atoms with Crippen LogP contribution in [-0.2, 0) is 14.9 Å². The van der Waals surface area contributed by atoms with Gasteiger partial charge in [-0.25, -0.2) is 4.79 Å². The van der Waals surface area contributed by atoms with Crippen molar-refractivity contribution in [2.75, 3.05) is 0 Å². The second-order valence-corrected chi connectivity index (χ2v) is 12.5. The van der Waals surface area contributed by atoms with E-state index in [2.05, 4.69) is 22.5 Å². The molecular formula is C27H17BrI2O7S. The number of hydrogen-bond acceptors (Lipinski definition) is 6. The molecule has 0 saturated carbocycles. The molecule has 0 aromatic heterocycles. The Morgan fingerprint density at radius 1 is 1.08 bits per heavy atom. The summed E-state index contributed by atoms with van der Waals surface area (Å²) in [4.78, 5) is 24.5. The number of carboxylic acid groups (broad SMARTS) is 1. The summed E-state index contributed by atoms with van der Waals surface area (Å²) in [6.45, 7) is 5.15. The molecule has 0 radical (unpaired) electrons. The maximum atomic E-state index is 13.0. The van der Waals surface area contributed by atoms with Crippen molar-refractivity contribution in [1.29, 1.82) is 0 Å². The molecule has 2 aliphatic rings. The molecule has 0 atom stereocenters. The molecule has 0 fully saturated rings. The van der Waals surface area contributed by atoms with Crippen LogP contribution in [0.4, 0.5) is 0 Å². The predicted octanol–water partition coefficient (Wildman–Crippen LogP) is 7.24. The Morgan fingerprint density at radius 2 is 1.76 bits per heavy atom. The maximum Gasteiger partial charge on any atom is 0.339 e. The monoisotopic (exact) mass is 818 g/mol. The number of carbonyl (C=O) groups is 1. The highest BCUT2D eigenvalue weighted by Gasteiger charge is 2.26. The fourth-order valence-electron chi connectivity index (χ4n) is 3.71. The van der Waals surface area contributed by atoms with Gasteiger partial charge in [-0.05, 0) is 106 Å². The Morgan fingerprint density at radius 3 is 2.39 bits per heavy atom. The van der Waals surface area contributed by atoms with Crippen LogP contribution in [0.2, 0.25) is 0 Å². The van der Waals surface area contributed by atoms with Crippen LogP contribution in [0.15, 0.2) is 97.5 Å². The van der Waals surface area contributed by atoms with Crippen LogP contribution in [0.5, 0.6) is 5.75 Å². The van der Waals surface area contributed by atoms with Crippen molar-refractivity contribution >= 4 is 93.7 Å². The van der Waals surface area contributed by atoms with Gasteiger partial charge < -0.3 is 13.7 Å². The fourth-order valence-corrected chi connectivity index (χ4v) is 6.34. The van der Waals surface area contributed by atoms with Crippen molar-refractivity contribution in [1.82, 2.24) is 0 Å².